The average molecular weight is 277 g/mol. The molecule has 0 radical (unpaired) electrons. The summed E-state index contributed by atoms with van der Waals surface area (Å²) in [6.45, 7) is 0.258. The van der Waals surface area contributed by atoms with E-state index in [1.807, 2.05) is 0 Å². The van der Waals surface area contributed by atoms with Gasteiger partial charge in [-0.25, -0.2) is 13.8 Å². The zero-order valence-corrected chi connectivity index (χ0v) is 10.6. The van der Waals surface area contributed by atoms with Gasteiger partial charge in [0.25, 0.3) is 5.91 Å². The molecule has 1 amide bonds. The predicted octanol–water partition coefficient (Wildman–Crippen LogP) is 1.91. The number of hydrogen-bond acceptors (Lipinski definition) is 3. The molecule has 1 heterocycles. The maximum Gasteiger partial charge on any atom is 0.269 e. The van der Waals surface area contributed by atoms with E-state index in [1.165, 1.54) is 24.4 Å². The number of pyridine rings is 1. The van der Waals surface area contributed by atoms with E-state index in [9.17, 15) is 13.6 Å². The van der Waals surface area contributed by atoms with E-state index >= 15 is 0 Å². The van der Waals surface area contributed by atoms with Crippen molar-refractivity contribution in [2.45, 2.75) is 6.42 Å². The van der Waals surface area contributed by atoms with Gasteiger partial charge < -0.3 is 11.1 Å². The molecule has 6 heteroatoms. The minimum Gasteiger partial charge on any atom is -0.397 e. The second-order valence-corrected chi connectivity index (χ2v) is 4.26. The zero-order valence-electron chi connectivity index (χ0n) is 10.6. The third kappa shape index (κ3) is 3.74. The molecule has 104 valence electrons. The van der Waals surface area contributed by atoms with Crippen molar-refractivity contribution >= 4 is 11.6 Å². The molecule has 1 aromatic heterocycles. The third-order valence-corrected chi connectivity index (χ3v) is 2.64. The van der Waals surface area contributed by atoms with Gasteiger partial charge in [0.15, 0.2) is 0 Å². The number of nitrogen functional groups attached to an aromatic ring is 1. The molecule has 0 unspecified atom stereocenters. The summed E-state index contributed by atoms with van der Waals surface area (Å²) in [4.78, 5) is 15.6. The van der Waals surface area contributed by atoms with Crippen molar-refractivity contribution in [1.29, 1.82) is 0 Å². The van der Waals surface area contributed by atoms with E-state index < -0.39 is 11.6 Å². The molecule has 3 N–H and O–H groups in total. The monoisotopic (exact) mass is 277 g/mol. The van der Waals surface area contributed by atoms with Gasteiger partial charge in [0.2, 0.25) is 0 Å². The second kappa shape index (κ2) is 6.10. The number of nitrogens with two attached hydrogens (primary N) is 1. The number of aromatic nitrogens is 1. The largest absolute Gasteiger partial charge is 0.397 e. The summed E-state index contributed by atoms with van der Waals surface area (Å²) < 4.78 is 25.9. The van der Waals surface area contributed by atoms with Crippen molar-refractivity contribution in [2.75, 3.05) is 12.3 Å². The number of nitrogens with one attached hydrogen (secondary N) is 1. The van der Waals surface area contributed by atoms with Gasteiger partial charge in [0.1, 0.15) is 17.3 Å². The zero-order chi connectivity index (χ0) is 14.5. The fourth-order valence-electron chi connectivity index (χ4n) is 1.71. The molecule has 0 aliphatic heterocycles. The first-order valence-electron chi connectivity index (χ1n) is 5.99. The molecule has 0 atom stereocenters. The Bertz CT molecular complexity index is 594. The van der Waals surface area contributed by atoms with Crippen LogP contribution in [-0.2, 0) is 6.42 Å². The number of benzene rings is 1. The molecule has 0 bridgehead atoms. The van der Waals surface area contributed by atoms with Gasteiger partial charge in [0.05, 0.1) is 11.9 Å². The molecule has 2 aromatic rings. The van der Waals surface area contributed by atoms with Gasteiger partial charge in [-0.05, 0) is 36.2 Å². The number of nitrogens with zero attached hydrogens (tertiary/aromatic N) is 1. The van der Waals surface area contributed by atoms with Crippen LogP contribution < -0.4 is 11.1 Å². The fourth-order valence-corrected chi connectivity index (χ4v) is 1.71. The van der Waals surface area contributed by atoms with Crippen LogP contribution in [0, 0.1) is 11.6 Å². The summed E-state index contributed by atoms with van der Waals surface area (Å²) in [5, 5.41) is 2.62. The van der Waals surface area contributed by atoms with Gasteiger partial charge >= 0.3 is 0 Å². The maximum atomic E-state index is 13.0. The van der Waals surface area contributed by atoms with Crippen LogP contribution in [0.15, 0.2) is 36.5 Å². The molecule has 2 rings (SSSR count). The van der Waals surface area contributed by atoms with Crippen molar-refractivity contribution in [3.63, 3.8) is 0 Å². The van der Waals surface area contributed by atoms with Crippen molar-refractivity contribution in [1.82, 2.24) is 10.3 Å². The number of amides is 1. The number of carbonyl (C=O) groups excluding carboxylic acids is 1. The number of halogens is 2. The van der Waals surface area contributed by atoms with Crippen molar-refractivity contribution in [3.8, 4) is 0 Å². The van der Waals surface area contributed by atoms with E-state index in [-0.39, 0.29) is 18.1 Å². The molecule has 4 nitrogen and oxygen atoms in total. The molecular formula is C14H13F2N3O. The molecule has 0 spiro atoms. The Kier molecular flexibility index (Phi) is 4.24. The number of rotatable bonds is 4. The van der Waals surface area contributed by atoms with Gasteiger partial charge in [0, 0.05) is 12.6 Å². The summed E-state index contributed by atoms with van der Waals surface area (Å²) in [5.74, 6) is -1.63. The van der Waals surface area contributed by atoms with E-state index in [0.29, 0.717) is 17.7 Å². The van der Waals surface area contributed by atoms with Crippen molar-refractivity contribution < 1.29 is 13.6 Å². The van der Waals surface area contributed by atoms with Gasteiger partial charge in [-0.1, -0.05) is 0 Å². The number of carbonyl (C=O) groups is 1. The highest BCUT2D eigenvalue weighted by Crippen LogP contribution is 2.08. The Balaban J connectivity index is 1.89. The molecule has 0 fully saturated rings. The van der Waals surface area contributed by atoms with Crippen LogP contribution in [0.5, 0.6) is 0 Å². The van der Waals surface area contributed by atoms with Crippen LogP contribution in [0.25, 0.3) is 0 Å². The Morgan fingerprint density at radius 3 is 2.50 bits per heavy atom. The summed E-state index contributed by atoms with van der Waals surface area (Å²) in [5.41, 5.74) is 6.66. The van der Waals surface area contributed by atoms with E-state index in [0.717, 1.165) is 6.07 Å². The highest BCUT2D eigenvalue weighted by atomic mass is 19.1. The van der Waals surface area contributed by atoms with Gasteiger partial charge in [-0.3, -0.25) is 4.79 Å². The lowest BCUT2D eigenvalue weighted by Gasteiger charge is -2.05. The standard InChI is InChI=1S/C14H13F2N3O/c15-10-5-9(6-11(16)7-10)3-4-18-14(20)13-2-1-12(17)8-19-13/h1-2,5-8H,3-4,17H2,(H,18,20). The van der Waals surface area contributed by atoms with Crippen LogP contribution in [0.4, 0.5) is 14.5 Å². The molecule has 0 aliphatic rings. The van der Waals surface area contributed by atoms with E-state index in [2.05, 4.69) is 10.3 Å². The predicted molar refractivity (Wildman–Crippen MR) is 71.0 cm³/mol. The second-order valence-electron chi connectivity index (χ2n) is 4.26. The van der Waals surface area contributed by atoms with E-state index in [1.54, 1.807) is 6.07 Å². The van der Waals surface area contributed by atoms with Crippen LogP contribution >= 0.6 is 0 Å². The lowest BCUT2D eigenvalue weighted by atomic mass is 10.1. The highest BCUT2D eigenvalue weighted by Gasteiger charge is 2.06. The summed E-state index contributed by atoms with van der Waals surface area (Å²) in [6.07, 6.45) is 1.71. The molecule has 20 heavy (non-hydrogen) atoms. The minimum absolute atomic E-state index is 0.240. The number of anilines is 1. The summed E-state index contributed by atoms with van der Waals surface area (Å²) in [6, 6.07) is 6.35. The van der Waals surface area contributed by atoms with Crippen LogP contribution in [0.3, 0.4) is 0 Å². The number of hydrogen-bond donors (Lipinski definition) is 2. The smallest absolute Gasteiger partial charge is 0.269 e. The fraction of sp³-hybridized carbons (Fsp3) is 0.143. The van der Waals surface area contributed by atoms with Crippen LogP contribution in [0.1, 0.15) is 16.1 Å². The van der Waals surface area contributed by atoms with Crippen molar-refractivity contribution in [3.05, 3.63) is 59.4 Å². The highest BCUT2D eigenvalue weighted by molar-refractivity contribution is 5.92. The molecule has 0 saturated heterocycles. The molecule has 0 aliphatic carbocycles. The first-order chi connectivity index (χ1) is 9.54. The lowest BCUT2D eigenvalue weighted by Crippen LogP contribution is -2.26. The quantitative estimate of drug-likeness (QED) is 0.897. The lowest BCUT2D eigenvalue weighted by molar-refractivity contribution is 0.0949. The Morgan fingerprint density at radius 2 is 1.90 bits per heavy atom. The van der Waals surface area contributed by atoms with Crippen molar-refractivity contribution in [2.24, 2.45) is 0 Å². The van der Waals surface area contributed by atoms with Gasteiger partial charge in [-0.2, -0.15) is 0 Å². The molecular weight excluding hydrogens is 264 g/mol. The van der Waals surface area contributed by atoms with Crippen LogP contribution in [-0.4, -0.2) is 17.4 Å². The molecule has 0 saturated carbocycles. The Hall–Kier alpha value is -2.50. The van der Waals surface area contributed by atoms with Gasteiger partial charge in [-0.15, -0.1) is 0 Å². The summed E-state index contributed by atoms with van der Waals surface area (Å²) >= 11 is 0. The maximum absolute atomic E-state index is 13.0. The Labute approximate surface area is 114 Å². The average Bonchev–Trinajstić information content (AvgIpc) is 2.38. The SMILES string of the molecule is Nc1ccc(C(=O)NCCc2cc(F)cc(F)c2)nc1. The first kappa shape index (κ1) is 13.9. The summed E-state index contributed by atoms with van der Waals surface area (Å²) in [7, 11) is 0. The minimum atomic E-state index is -0.633. The third-order valence-electron chi connectivity index (χ3n) is 2.64. The first-order valence-corrected chi connectivity index (χ1v) is 5.99. The topological polar surface area (TPSA) is 68.0 Å². The normalized spacial score (nSPS) is 10.3. The van der Waals surface area contributed by atoms with E-state index in [4.69, 9.17) is 5.73 Å². The van der Waals surface area contributed by atoms with Crippen LogP contribution in [0.2, 0.25) is 0 Å². The molecule has 1 aromatic carbocycles. The Morgan fingerprint density at radius 1 is 1.20 bits per heavy atom.